The predicted octanol–water partition coefficient (Wildman–Crippen LogP) is 1.55. The number of ether oxygens (including phenoxy) is 1. The first-order valence-electron chi connectivity index (χ1n) is 5.76. The maximum Gasteiger partial charge on any atom is 0.136 e. The number of aliphatic hydroxyl groups excluding tert-OH is 1. The second-order valence-corrected chi connectivity index (χ2v) is 3.89. The van der Waals surface area contributed by atoms with Gasteiger partial charge in [-0.2, -0.15) is 5.26 Å². The van der Waals surface area contributed by atoms with E-state index in [9.17, 15) is 0 Å². The molecule has 0 spiro atoms. The van der Waals surface area contributed by atoms with Crippen LogP contribution in [0.2, 0.25) is 0 Å². The SMILES string of the molecule is C=CCN(CCO)Cc1ccc(C#N)c(OC)c1. The highest BCUT2D eigenvalue weighted by Gasteiger charge is 2.07. The molecule has 0 aliphatic rings. The number of hydrogen-bond donors (Lipinski definition) is 1. The average Bonchev–Trinajstić information content (AvgIpc) is 2.39. The molecule has 0 heterocycles. The Morgan fingerprint density at radius 3 is 2.89 bits per heavy atom. The van der Waals surface area contributed by atoms with Crippen LogP contribution in [0.15, 0.2) is 30.9 Å². The van der Waals surface area contributed by atoms with E-state index < -0.39 is 0 Å². The maximum atomic E-state index is 8.98. The summed E-state index contributed by atoms with van der Waals surface area (Å²) >= 11 is 0. The van der Waals surface area contributed by atoms with Gasteiger partial charge in [-0.15, -0.1) is 6.58 Å². The normalized spacial score (nSPS) is 10.1. The van der Waals surface area contributed by atoms with Crippen molar-refractivity contribution in [2.45, 2.75) is 6.54 Å². The summed E-state index contributed by atoms with van der Waals surface area (Å²) in [5, 5.41) is 17.9. The Hall–Kier alpha value is -1.83. The summed E-state index contributed by atoms with van der Waals surface area (Å²) in [6.45, 7) is 5.80. The summed E-state index contributed by atoms with van der Waals surface area (Å²) in [5.41, 5.74) is 1.57. The van der Waals surface area contributed by atoms with E-state index >= 15 is 0 Å². The van der Waals surface area contributed by atoms with Gasteiger partial charge >= 0.3 is 0 Å². The molecule has 96 valence electrons. The van der Waals surface area contributed by atoms with Crippen LogP contribution >= 0.6 is 0 Å². The summed E-state index contributed by atoms with van der Waals surface area (Å²) in [5.74, 6) is 0.581. The molecular formula is C14H18N2O2. The quantitative estimate of drug-likeness (QED) is 0.742. The third-order valence-corrected chi connectivity index (χ3v) is 2.60. The molecule has 0 unspecified atom stereocenters. The molecule has 0 aliphatic carbocycles. The monoisotopic (exact) mass is 246 g/mol. The zero-order valence-corrected chi connectivity index (χ0v) is 10.6. The molecule has 0 radical (unpaired) electrons. The van der Waals surface area contributed by atoms with Gasteiger partial charge in [0.2, 0.25) is 0 Å². The standard InChI is InChI=1S/C14H18N2O2/c1-3-6-16(7-8-17)11-12-4-5-13(10-15)14(9-12)18-2/h3-5,9,17H,1,6-8,11H2,2H3. The summed E-state index contributed by atoms with van der Waals surface area (Å²) in [6.07, 6.45) is 1.80. The van der Waals surface area contributed by atoms with Crippen LogP contribution in [0, 0.1) is 11.3 Å². The van der Waals surface area contributed by atoms with E-state index in [4.69, 9.17) is 15.1 Å². The first-order chi connectivity index (χ1) is 8.74. The second-order valence-electron chi connectivity index (χ2n) is 3.89. The third-order valence-electron chi connectivity index (χ3n) is 2.60. The van der Waals surface area contributed by atoms with Crippen LogP contribution in [-0.4, -0.2) is 36.8 Å². The van der Waals surface area contributed by atoms with Crippen molar-refractivity contribution in [2.75, 3.05) is 26.8 Å². The Balaban J connectivity index is 2.83. The van der Waals surface area contributed by atoms with Gasteiger partial charge in [-0.05, 0) is 17.7 Å². The number of rotatable bonds is 7. The number of nitrogens with zero attached hydrogens (tertiary/aromatic N) is 2. The third kappa shape index (κ3) is 3.88. The van der Waals surface area contributed by atoms with E-state index in [2.05, 4.69) is 17.5 Å². The fourth-order valence-corrected chi connectivity index (χ4v) is 1.74. The first kappa shape index (κ1) is 14.2. The van der Waals surface area contributed by atoms with Gasteiger partial charge < -0.3 is 9.84 Å². The van der Waals surface area contributed by atoms with Gasteiger partial charge in [-0.3, -0.25) is 4.90 Å². The van der Waals surface area contributed by atoms with Crippen LogP contribution in [0.5, 0.6) is 5.75 Å². The molecule has 0 saturated heterocycles. The van der Waals surface area contributed by atoms with Crippen molar-refractivity contribution in [2.24, 2.45) is 0 Å². The molecule has 0 fully saturated rings. The number of aliphatic hydroxyl groups is 1. The van der Waals surface area contributed by atoms with Crippen LogP contribution in [0.1, 0.15) is 11.1 Å². The molecule has 1 aromatic carbocycles. The minimum absolute atomic E-state index is 0.112. The van der Waals surface area contributed by atoms with Crippen LogP contribution in [-0.2, 0) is 6.54 Å². The molecule has 4 nitrogen and oxygen atoms in total. The molecule has 4 heteroatoms. The van der Waals surface area contributed by atoms with Crippen LogP contribution in [0.25, 0.3) is 0 Å². The minimum atomic E-state index is 0.112. The Kier molecular flexibility index (Phi) is 5.92. The summed E-state index contributed by atoms with van der Waals surface area (Å²) in [4.78, 5) is 2.06. The lowest BCUT2D eigenvalue weighted by Crippen LogP contribution is -2.26. The van der Waals surface area contributed by atoms with Gasteiger partial charge in [0.25, 0.3) is 0 Å². The van der Waals surface area contributed by atoms with Gasteiger partial charge in [-0.1, -0.05) is 12.1 Å². The van der Waals surface area contributed by atoms with Crippen molar-refractivity contribution in [3.63, 3.8) is 0 Å². The van der Waals surface area contributed by atoms with E-state index in [0.29, 0.717) is 30.9 Å². The molecule has 1 rings (SSSR count). The Morgan fingerprint density at radius 2 is 2.33 bits per heavy atom. The fourth-order valence-electron chi connectivity index (χ4n) is 1.74. The fraction of sp³-hybridized carbons (Fsp3) is 0.357. The van der Waals surface area contributed by atoms with E-state index in [1.807, 2.05) is 12.1 Å². The topological polar surface area (TPSA) is 56.5 Å². The molecule has 0 atom stereocenters. The molecule has 0 aliphatic heterocycles. The molecule has 1 aromatic rings. The van der Waals surface area contributed by atoms with E-state index in [0.717, 1.165) is 5.56 Å². The molecule has 18 heavy (non-hydrogen) atoms. The van der Waals surface area contributed by atoms with Crippen molar-refractivity contribution >= 4 is 0 Å². The highest BCUT2D eigenvalue weighted by Crippen LogP contribution is 2.20. The Labute approximate surface area is 108 Å². The molecule has 0 aromatic heterocycles. The number of benzene rings is 1. The Morgan fingerprint density at radius 1 is 1.56 bits per heavy atom. The summed E-state index contributed by atoms with van der Waals surface area (Å²) in [6, 6.07) is 7.58. The van der Waals surface area contributed by atoms with Gasteiger partial charge in [0.1, 0.15) is 11.8 Å². The van der Waals surface area contributed by atoms with Crippen molar-refractivity contribution < 1.29 is 9.84 Å². The van der Waals surface area contributed by atoms with Crippen molar-refractivity contribution in [3.8, 4) is 11.8 Å². The molecule has 0 amide bonds. The van der Waals surface area contributed by atoms with Crippen molar-refractivity contribution in [3.05, 3.63) is 42.0 Å². The van der Waals surface area contributed by atoms with Crippen LogP contribution < -0.4 is 4.74 Å². The number of methoxy groups -OCH3 is 1. The number of hydrogen-bond acceptors (Lipinski definition) is 4. The van der Waals surface area contributed by atoms with E-state index in [1.165, 1.54) is 0 Å². The van der Waals surface area contributed by atoms with E-state index in [1.54, 1.807) is 19.3 Å². The largest absolute Gasteiger partial charge is 0.495 e. The summed E-state index contributed by atoms with van der Waals surface area (Å²) < 4.78 is 5.17. The van der Waals surface area contributed by atoms with Gasteiger partial charge in [0.05, 0.1) is 19.3 Å². The van der Waals surface area contributed by atoms with Crippen LogP contribution in [0.4, 0.5) is 0 Å². The number of nitriles is 1. The average molecular weight is 246 g/mol. The molecule has 1 N–H and O–H groups in total. The van der Waals surface area contributed by atoms with E-state index in [-0.39, 0.29) is 6.61 Å². The van der Waals surface area contributed by atoms with Crippen molar-refractivity contribution in [1.82, 2.24) is 4.90 Å². The zero-order chi connectivity index (χ0) is 13.4. The van der Waals surface area contributed by atoms with Crippen molar-refractivity contribution in [1.29, 1.82) is 5.26 Å². The van der Waals surface area contributed by atoms with Crippen LogP contribution in [0.3, 0.4) is 0 Å². The molecule has 0 saturated carbocycles. The van der Waals surface area contributed by atoms with Gasteiger partial charge in [-0.25, -0.2) is 0 Å². The smallest absolute Gasteiger partial charge is 0.136 e. The Bertz CT molecular complexity index is 438. The zero-order valence-electron chi connectivity index (χ0n) is 10.6. The highest BCUT2D eigenvalue weighted by molar-refractivity contribution is 5.45. The second kappa shape index (κ2) is 7.49. The predicted molar refractivity (Wildman–Crippen MR) is 70.3 cm³/mol. The molecule has 0 bridgehead atoms. The maximum absolute atomic E-state index is 8.98. The minimum Gasteiger partial charge on any atom is -0.495 e. The lowest BCUT2D eigenvalue weighted by molar-refractivity contribution is 0.203. The first-order valence-corrected chi connectivity index (χ1v) is 5.76. The highest BCUT2D eigenvalue weighted by atomic mass is 16.5. The van der Waals surface area contributed by atoms with Gasteiger partial charge in [0, 0.05) is 19.6 Å². The van der Waals surface area contributed by atoms with Gasteiger partial charge in [0.15, 0.2) is 0 Å². The lowest BCUT2D eigenvalue weighted by atomic mass is 10.1. The molecular weight excluding hydrogens is 228 g/mol. The lowest BCUT2D eigenvalue weighted by Gasteiger charge is -2.19. The summed E-state index contributed by atoms with van der Waals surface area (Å²) in [7, 11) is 1.55.